The highest BCUT2D eigenvalue weighted by atomic mass is 16.5. The van der Waals surface area contributed by atoms with E-state index in [2.05, 4.69) is 5.32 Å². The molecule has 7 heteroatoms. The van der Waals surface area contributed by atoms with Gasteiger partial charge in [-0.15, -0.1) is 0 Å². The van der Waals surface area contributed by atoms with Crippen molar-refractivity contribution >= 4 is 17.6 Å². The second kappa shape index (κ2) is 9.82. The first-order valence-corrected chi connectivity index (χ1v) is 10.3. The van der Waals surface area contributed by atoms with E-state index >= 15 is 0 Å². The molecule has 7 nitrogen and oxygen atoms in total. The molecule has 0 fully saturated rings. The normalized spacial score (nSPS) is 10.5. The maximum Gasteiger partial charge on any atom is 0.337 e. The number of nitrogens with zero attached hydrogens (tertiary/aromatic N) is 2. The Bertz CT molecular complexity index is 1250. The highest BCUT2D eigenvalue weighted by Gasteiger charge is 2.19. The van der Waals surface area contributed by atoms with Crippen molar-refractivity contribution < 1.29 is 19.1 Å². The molecule has 1 N–H and O–H groups in total. The lowest BCUT2D eigenvalue weighted by Gasteiger charge is -2.07. The standard InChI is InChI=1S/C26H23N3O4/c1-32-22-14-10-19(11-15-22)24-23(17-29(28-24)16-18-6-4-3-5-7-18)25(30)27-21-12-8-20(9-13-21)26(31)33-2/h3-15,17H,16H2,1-2H3,(H,27,30). The predicted molar refractivity (Wildman–Crippen MR) is 125 cm³/mol. The van der Waals surface area contributed by atoms with E-state index in [0.717, 1.165) is 16.9 Å². The lowest BCUT2D eigenvalue weighted by Crippen LogP contribution is -2.12. The van der Waals surface area contributed by atoms with Crippen LogP contribution >= 0.6 is 0 Å². The average Bonchev–Trinajstić information content (AvgIpc) is 3.28. The number of rotatable bonds is 7. The minimum absolute atomic E-state index is 0.300. The maximum atomic E-state index is 13.2. The van der Waals surface area contributed by atoms with Gasteiger partial charge in [-0.25, -0.2) is 4.79 Å². The molecule has 0 spiro atoms. The third-order valence-corrected chi connectivity index (χ3v) is 5.12. The third kappa shape index (κ3) is 5.10. The Hall–Kier alpha value is -4.39. The van der Waals surface area contributed by atoms with Gasteiger partial charge in [0.05, 0.1) is 31.9 Å². The Morgan fingerprint density at radius 1 is 0.909 bits per heavy atom. The number of amides is 1. The molecule has 0 saturated heterocycles. The largest absolute Gasteiger partial charge is 0.497 e. The second-order valence-corrected chi connectivity index (χ2v) is 7.33. The number of aromatic nitrogens is 2. The zero-order valence-corrected chi connectivity index (χ0v) is 18.3. The number of carbonyl (C=O) groups is 2. The van der Waals surface area contributed by atoms with Gasteiger partial charge < -0.3 is 14.8 Å². The molecule has 1 heterocycles. The summed E-state index contributed by atoms with van der Waals surface area (Å²) >= 11 is 0. The maximum absolute atomic E-state index is 13.2. The van der Waals surface area contributed by atoms with Crippen LogP contribution in [0.15, 0.2) is 85.1 Å². The van der Waals surface area contributed by atoms with Crippen molar-refractivity contribution in [2.24, 2.45) is 0 Å². The lowest BCUT2D eigenvalue weighted by molar-refractivity contribution is 0.0600. The van der Waals surface area contributed by atoms with Gasteiger partial charge in [-0.3, -0.25) is 9.48 Å². The first-order chi connectivity index (χ1) is 16.1. The number of carbonyl (C=O) groups excluding carboxylic acids is 2. The van der Waals surface area contributed by atoms with Crippen molar-refractivity contribution in [1.29, 1.82) is 0 Å². The molecule has 1 amide bonds. The molecular weight excluding hydrogens is 418 g/mol. The van der Waals surface area contributed by atoms with Crippen LogP contribution in [0, 0.1) is 0 Å². The van der Waals surface area contributed by atoms with E-state index in [1.54, 1.807) is 42.3 Å². The zero-order valence-electron chi connectivity index (χ0n) is 18.3. The number of esters is 1. The average molecular weight is 441 g/mol. The van der Waals surface area contributed by atoms with Crippen LogP contribution in [0.25, 0.3) is 11.3 Å². The fraction of sp³-hybridized carbons (Fsp3) is 0.115. The minimum Gasteiger partial charge on any atom is -0.497 e. The molecule has 3 aromatic carbocycles. The topological polar surface area (TPSA) is 82.5 Å². The Morgan fingerprint density at radius 2 is 1.61 bits per heavy atom. The molecule has 4 rings (SSSR count). The van der Waals surface area contributed by atoms with Gasteiger partial charge in [0.25, 0.3) is 5.91 Å². The highest BCUT2D eigenvalue weighted by Crippen LogP contribution is 2.26. The smallest absolute Gasteiger partial charge is 0.337 e. The van der Waals surface area contributed by atoms with Crippen molar-refractivity contribution in [1.82, 2.24) is 9.78 Å². The van der Waals surface area contributed by atoms with Crippen molar-refractivity contribution in [3.05, 3.63) is 102 Å². The number of methoxy groups -OCH3 is 2. The summed E-state index contributed by atoms with van der Waals surface area (Å²) in [5.74, 6) is -0.0121. The monoisotopic (exact) mass is 441 g/mol. The molecule has 4 aromatic rings. The van der Waals surface area contributed by atoms with E-state index < -0.39 is 5.97 Å². The number of anilines is 1. The molecule has 0 bridgehead atoms. The molecule has 0 aliphatic heterocycles. The molecule has 33 heavy (non-hydrogen) atoms. The van der Waals surface area contributed by atoms with Crippen LogP contribution in [0.1, 0.15) is 26.3 Å². The number of ether oxygens (including phenoxy) is 2. The molecule has 0 radical (unpaired) electrons. The molecule has 0 aliphatic rings. The SMILES string of the molecule is COC(=O)c1ccc(NC(=O)c2cn(Cc3ccccc3)nc2-c2ccc(OC)cc2)cc1. The van der Waals surface area contributed by atoms with Gasteiger partial charge in [-0.1, -0.05) is 30.3 Å². The second-order valence-electron chi connectivity index (χ2n) is 7.33. The summed E-state index contributed by atoms with van der Waals surface area (Å²) in [6, 6.07) is 23.8. The summed E-state index contributed by atoms with van der Waals surface area (Å²) in [5, 5.41) is 7.58. The number of nitrogens with one attached hydrogen (secondary N) is 1. The van der Waals surface area contributed by atoms with E-state index in [1.807, 2.05) is 54.6 Å². The number of hydrogen-bond acceptors (Lipinski definition) is 5. The van der Waals surface area contributed by atoms with Crippen LogP contribution in [0.3, 0.4) is 0 Å². The van der Waals surface area contributed by atoms with Crippen LogP contribution in [0.2, 0.25) is 0 Å². The quantitative estimate of drug-likeness (QED) is 0.422. The van der Waals surface area contributed by atoms with Crippen LogP contribution in [-0.4, -0.2) is 35.9 Å². The summed E-state index contributed by atoms with van der Waals surface area (Å²) in [4.78, 5) is 24.8. The first-order valence-electron chi connectivity index (χ1n) is 10.3. The van der Waals surface area contributed by atoms with E-state index in [-0.39, 0.29) is 5.91 Å². The number of benzene rings is 3. The van der Waals surface area contributed by atoms with Crippen LogP contribution in [-0.2, 0) is 11.3 Å². The first kappa shape index (κ1) is 21.8. The van der Waals surface area contributed by atoms with Crippen molar-refractivity contribution in [2.75, 3.05) is 19.5 Å². The Balaban J connectivity index is 1.64. The van der Waals surface area contributed by atoms with Gasteiger partial charge in [0.2, 0.25) is 0 Å². The molecule has 0 unspecified atom stereocenters. The van der Waals surface area contributed by atoms with Crippen LogP contribution < -0.4 is 10.1 Å². The van der Waals surface area contributed by atoms with E-state index in [4.69, 9.17) is 14.6 Å². The van der Waals surface area contributed by atoms with Crippen molar-refractivity contribution in [2.45, 2.75) is 6.54 Å². The fourth-order valence-electron chi connectivity index (χ4n) is 3.41. The molecular formula is C26H23N3O4. The predicted octanol–water partition coefficient (Wildman–Crippen LogP) is 4.65. The number of hydrogen-bond donors (Lipinski definition) is 1. The Morgan fingerprint density at radius 3 is 2.24 bits per heavy atom. The van der Waals surface area contributed by atoms with Gasteiger partial charge in [-0.2, -0.15) is 5.10 Å². The van der Waals surface area contributed by atoms with Crippen LogP contribution in [0.5, 0.6) is 5.75 Å². The molecule has 0 saturated carbocycles. The minimum atomic E-state index is -0.433. The van der Waals surface area contributed by atoms with Gasteiger partial charge in [0.15, 0.2) is 0 Å². The van der Waals surface area contributed by atoms with Gasteiger partial charge in [-0.05, 0) is 54.1 Å². The van der Waals surface area contributed by atoms with E-state index in [0.29, 0.717) is 29.1 Å². The van der Waals surface area contributed by atoms with E-state index in [9.17, 15) is 9.59 Å². The Labute approximate surface area is 191 Å². The summed E-state index contributed by atoms with van der Waals surface area (Å²) in [6.07, 6.45) is 1.74. The zero-order chi connectivity index (χ0) is 23.2. The third-order valence-electron chi connectivity index (χ3n) is 5.12. The van der Waals surface area contributed by atoms with Gasteiger partial charge in [0, 0.05) is 17.4 Å². The molecule has 0 aliphatic carbocycles. The van der Waals surface area contributed by atoms with Gasteiger partial charge >= 0.3 is 5.97 Å². The Kier molecular flexibility index (Phi) is 6.50. The summed E-state index contributed by atoms with van der Waals surface area (Å²) in [7, 11) is 2.93. The van der Waals surface area contributed by atoms with Gasteiger partial charge in [0.1, 0.15) is 11.4 Å². The highest BCUT2D eigenvalue weighted by molar-refractivity contribution is 6.08. The fourth-order valence-corrected chi connectivity index (χ4v) is 3.41. The molecule has 1 aromatic heterocycles. The summed E-state index contributed by atoms with van der Waals surface area (Å²) in [5.41, 5.74) is 3.85. The lowest BCUT2D eigenvalue weighted by atomic mass is 10.1. The summed E-state index contributed by atoms with van der Waals surface area (Å²) in [6.45, 7) is 0.533. The van der Waals surface area contributed by atoms with E-state index in [1.165, 1.54) is 7.11 Å². The van der Waals surface area contributed by atoms with Crippen LogP contribution in [0.4, 0.5) is 5.69 Å². The molecule has 0 atom stereocenters. The van der Waals surface area contributed by atoms with Crippen molar-refractivity contribution in [3.63, 3.8) is 0 Å². The van der Waals surface area contributed by atoms with Crippen molar-refractivity contribution in [3.8, 4) is 17.0 Å². The molecule has 166 valence electrons. The summed E-state index contributed by atoms with van der Waals surface area (Å²) < 4.78 is 11.7.